The summed E-state index contributed by atoms with van der Waals surface area (Å²) in [7, 11) is 1.69. The molecule has 17 heavy (non-hydrogen) atoms. The molecule has 1 heterocycles. The van der Waals surface area contributed by atoms with E-state index in [-0.39, 0.29) is 6.10 Å². The van der Waals surface area contributed by atoms with Gasteiger partial charge in [0.25, 0.3) is 0 Å². The third kappa shape index (κ3) is 2.39. The summed E-state index contributed by atoms with van der Waals surface area (Å²) in [5, 5.41) is 9.57. The predicted molar refractivity (Wildman–Crippen MR) is 69.9 cm³/mol. The number of likely N-dealkylation sites (N-methyl/N-ethyl adjacent to an activating group) is 1. The minimum Gasteiger partial charge on any atom is -0.497 e. The molecule has 0 saturated carbocycles. The second-order valence-corrected chi connectivity index (χ2v) is 4.75. The first-order valence-corrected chi connectivity index (χ1v) is 6.26. The van der Waals surface area contributed by atoms with Crippen molar-refractivity contribution in [3.63, 3.8) is 0 Å². The van der Waals surface area contributed by atoms with E-state index in [1.54, 1.807) is 7.11 Å². The first-order chi connectivity index (χ1) is 8.15. The van der Waals surface area contributed by atoms with E-state index < -0.39 is 0 Å². The molecule has 2 rings (SSSR count). The fourth-order valence-corrected chi connectivity index (χ4v) is 2.65. The number of nitrogens with zero attached hydrogens (tertiary/aromatic N) is 1. The van der Waals surface area contributed by atoms with Gasteiger partial charge in [0.2, 0.25) is 0 Å². The minimum absolute atomic E-state index is 0.254. The number of hydrogen-bond donors (Lipinski definition) is 1. The van der Waals surface area contributed by atoms with Crippen LogP contribution in [0, 0.1) is 0 Å². The number of aliphatic hydroxyl groups excluding tert-OH is 1. The number of rotatable bonds is 4. The van der Waals surface area contributed by atoms with Crippen LogP contribution in [0.3, 0.4) is 0 Å². The number of fused-ring (bicyclic) bond motifs is 1. The van der Waals surface area contributed by atoms with Gasteiger partial charge in [-0.2, -0.15) is 0 Å². The van der Waals surface area contributed by atoms with Crippen LogP contribution in [0.4, 0.5) is 5.69 Å². The molecule has 2 atom stereocenters. The molecule has 94 valence electrons. The zero-order valence-electron chi connectivity index (χ0n) is 10.8. The lowest BCUT2D eigenvalue weighted by molar-refractivity contribution is 0.176. The Morgan fingerprint density at radius 3 is 2.88 bits per heavy atom. The Hall–Kier alpha value is -1.22. The Morgan fingerprint density at radius 2 is 2.29 bits per heavy atom. The molecule has 0 radical (unpaired) electrons. The molecule has 1 aliphatic heterocycles. The summed E-state index contributed by atoms with van der Waals surface area (Å²) < 4.78 is 5.28. The molecule has 1 aromatic carbocycles. The van der Waals surface area contributed by atoms with Crippen LogP contribution in [0.25, 0.3) is 0 Å². The maximum Gasteiger partial charge on any atom is 0.119 e. The van der Waals surface area contributed by atoms with Gasteiger partial charge in [-0.3, -0.25) is 0 Å². The van der Waals surface area contributed by atoms with Gasteiger partial charge in [-0.05, 0) is 44.0 Å². The van der Waals surface area contributed by atoms with Crippen molar-refractivity contribution < 1.29 is 9.84 Å². The van der Waals surface area contributed by atoms with Gasteiger partial charge >= 0.3 is 0 Å². The number of benzene rings is 1. The molecule has 2 unspecified atom stereocenters. The third-order valence-electron chi connectivity index (χ3n) is 3.46. The van der Waals surface area contributed by atoms with Crippen LogP contribution in [0.1, 0.15) is 31.7 Å². The summed E-state index contributed by atoms with van der Waals surface area (Å²) in [6, 6.07) is 6.24. The summed E-state index contributed by atoms with van der Waals surface area (Å²) in [6.07, 6.45) is 0.562. The monoisotopic (exact) mass is 235 g/mol. The Kier molecular flexibility index (Phi) is 3.57. The highest BCUT2D eigenvalue weighted by atomic mass is 16.5. The normalized spacial score (nSPS) is 20.2. The molecule has 1 aromatic rings. The third-order valence-corrected chi connectivity index (χ3v) is 3.46. The van der Waals surface area contributed by atoms with Crippen molar-refractivity contribution in [2.45, 2.75) is 32.3 Å². The first kappa shape index (κ1) is 12.2. The highest BCUT2D eigenvalue weighted by Crippen LogP contribution is 2.40. The lowest BCUT2D eigenvalue weighted by Crippen LogP contribution is -2.22. The SMILES string of the molecule is CCN1CC(CC(C)O)c2cc(OC)ccc21. The van der Waals surface area contributed by atoms with Gasteiger partial charge in [-0.25, -0.2) is 0 Å². The standard InChI is InChI=1S/C14H21NO2/c1-4-15-9-11(7-10(2)16)13-8-12(17-3)5-6-14(13)15/h5-6,8,10-11,16H,4,7,9H2,1-3H3. The van der Waals surface area contributed by atoms with E-state index in [4.69, 9.17) is 4.74 Å². The highest BCUT2D eigenvalue weighted by Gasteiger charge is 2.28. The van der Waals surface area contributed by atoms with E-state index in [2.05, 4.69) is 24.0 Å². The Balaban J connectivity index is 2.31. The smallest absolute Gasteiger partial charge is 0.119 e. The number of hydrogen-bond acceptors (Lipinski definition) is 3. The number of methoxy groups -OCH3 is 1. The van der Waals surface area contributed by atoms with Crippen molar-refractivity contribution in [1.29, 1.82) is 0 Å². The van der Waals surface area contributed by atoms with E-state index in [1.165, 1.54) is 11.3 Å². The minimum atomic E-state index is -0.254. The average molecular weight is 235 g/mol. The van der Waals surface area contributed by atoms with Crippen LogP contribution in [0.2, 0.25) is 0 Å². The molecule has 0 aliphatic carbocycles. The molecule has 0 saturated heterocycles. The Bertz CT molecular complexity index is 390. The lowest BCUT2D eigenvalue weighted by atomic mass is 9.95. The van der Waals surface area contributed by atoms with E-state index in [9.17, 15) is 5.11 Å². The fraction of sp³-hybridized carbons (Fsp3) is 0.571. The second kappa shape index (κ2) is 4.96. The van der Waals surface area contributed by atoms with Crippen molar-refractivity contribution in [3.05, 3.63) is 23.8 Å². The van der Waals surface area contributed by atoms with Gasteiger partial charge in [-0.15, -0.1) is 0 Å². The maximum atomic E-state index is 9.57. The largest absolute Gasteiger partial charge is 0.497 e. The molecule has 0 aromatic heterocycles. The van der Waals surface area contributed by atoms with E-state index in [0.717, 1.165) is 25.3 Å². The molecule has 0 spiro atoms. The quantitative estimate of drug-likeness (QED) is 0.869. The zero-order valence-corrected chi connectivity index (χ0v) is 10.8. The molecule has 0 amide bonds. The van der Waals surface area contributed by atoms with Gasteiger partial charge in [0, 0.05) is 24.7 Å². The number of ether oxygens (including phenoxy) is 1. The molecule has 3 nitrogen and oxygen atoms in total. The van der Waals surface area contributed by atoms with Crippen molar-refractivity contribution >= 4 is 5.69 Å². The first-order valence-electron chi connectivity index (χ1n) is 6.26. The molecule has 1 N–H and O–H groups in total. The second-order valence-electron chi connectivity index (χ2n) is 4.75. The van der Waals surface area contributed by atoms with Crippen LogP contribution >= 0.6 is 0 Å². The van der Waals surface area contributed by atoms with Crippen molar-refractivity contribution in [3.8, 4) is 5.75 Å². The summed E-state index contributed by atoms with van der Waals surface area (Å²) in [4.78, 5) is 2.36. The van der Waals surface area contributed by atoms with Crippen molar-refractivity contribution in [2.24, 2.45) is 0 Å². The number of anilines is 1. The fourth-order valence-electron chi connectivity index (χ4n) is 2.65. The average Bonchev–Trinajstić information content (AvgIpc) is 2.66. The van der Waals surface area contributed by atoms with E-state index in [1.807, 2.05) is 13.0 Å². The van der Waals surface area contributed by atoms with Crippen LogP contribution in [0.15, 0.2) is 18.2 Å². The molecule has 3 heteroatoms. The summed E-state index contributed by atoms with van der Waals surface area (Å²) in [6.45, 7) is 6.03. The van der Waals surface area contributed by atoms with Crippen LogP contribution in [-0.2, 0) is 0 Å². The predicted octanol–water partition coefficient (Wildman–Crippen LogP) is 2.39. The van der Waals surface area contributed by atoms with Crippen LogP contribution in [-0.4, -0.2) is 31.4 Å². The van der Waals surface area contributed by atoms with Crippen LogP contribution in [0.5, 0.6) is 5.75 Å². The lowest BCUT2D eigenvalue weighted by Gasteiger charge is -2.17. The van der Waals surface area contributed by atoms with Crippen molar-refractivity contribution in [1.82, 2.24) is 0 Å². The van der Waals surface area contributed by atoms with E-state index >= 15 is 0 Å². The highest BCUT2D eigenvalue weighted by molar-refractivity contribution is 5.62. The van der Waals surface area contributed by atoms with Gasteiger partial charge in [0.1, 0.15) is 5.75 Å². The summed E-state index contributed by atoms with van der Waals surface area (Å²) in [5.74, 6) is 1.32. The number of aliphatic hydroxyl groups is 1. The van der Waals surface area contributed by atoms with Crippen molar-refractivity contribution in [2.75, 3.05) is 25.1 Å². The summed E-state index contributed by atoms with van der Waals surface area (Å²) in [5.41, 5.74) is 2.60. The maximum absolute atomic E-state index is 9.57. The molecule has 0 bridgehead atoms. The van der Waals surface area contributed by atoms with E-state index in [0.29, 0.717) is 5.92 Å². The molecule has 0 fully saturated rings. The van der Waals surface area contributed by atoms with Gasteiger partial charge in [0.15, 0.2) is 0 Å². The van der Waals surface area contributed by atoms with Gasteiger partial charge in [0.05, 0.1) is 13.2 Å². The molecule has 1 aliphatic rings. The molecular weight excluding hydrogens is 214 g/mol. The Morgan fingerprint density at radius 1 is 1.53 bits per heavy atom. The topological polar surface area (TPSA) is 32.7 Å². The molecular formula is C14H21NO2. The zero-order chi connectivity index (χ0) is 12.4. The van der Waals surface area contributed by atoms with Gasteiger partial charge < -0.3 is 14.7 Å². The van der Waals surface area contributed by atoms with Gasteiger partial charge in [-0.1, -0.05) is 0 Å². The van der Waals surface area contributed by atoms with Crippen LogP contribution < -0.4 is 9.64 Å². The Labute approximate surface area is 103 Å². The summed E-state index contributed by atoms with van der Waals surface area (Å²) >= 11 is 0.